The van der Waals surface area contributed by atoms with Gasteiger partial charge < -0.3 is 25.4 Å². The maximum Gasteiger partial charge on any atom is 0.258 e. The number of amides is 1. The summed E-state index contributed by atoms with van der Waals surface area (Å²) in [5.41, 5.74) is 1.17. The van der Waals surface area contributed by atoms with Gasteiger partial charge in [-0.1, -0.05) is 30.3 Å². The molecule has 1 saturated carbocycles. The number of para-hydroxylation sites is 1. The topological polar surface area (TPSA) is 84.0 Å². The molecule has 2 aromatic rings. The normalized spacial score (nSPS) is 13.0. The van der Waals surface area contributed by atoms with E-state index in [0.717, 1.165) is 37.5 Å². The van der Waals surface area contributed by atoms with Gasteiger partial charge in [-0.05, 0) is 56.0 Å². The highest BCUT2D eigenvalue weighted by molar-refractivity contribution is 14.0. The van der Waals surface area contributed by atoms with Gasteiger partial charge in [0, 0.05) is 19.1 Å². The number of benzene rings is 2. The maximum atomic E-state index is 11.7. The standard InChI is InChI=1S/C24H32N4O3.HI/c1-2-25-24(27-16-17-30-21-6-4-3-5-7-21)26-15-14-19-8-12-22(13-9-19)31-18-23(29)28-20-10-11-20;/h3-9,12-13,20H,2,10-11,14-18H2,1H3,(H,28,29)(H2,25,26,27);1H. The van der Waals surface area contributed by atoms with Gasteiger partial charge in [0.15, 0.2) is 12.6 Å². The molecule has 0 spiro atoms. The average molecular weight is 552 g/mol. The highest BCUT2D eigenvalue weighted by Crippen LogP contribution is 2.18. The summed E-state index contributed by atoms with van der Waals surface area (Å²) in [6.07, 6.45) is 2.98. The summed E-state index contributed by atoms with van der Waals surface area (Å²) in [5, 5.41) is 9.45. The van der Waals surface area contributed by atoms with Crippen molar-refractivity contribution in [2.24, 2.45) is 4.99 Å². The highest BCUT2D eigenvalue weighted by Gasteiger charge is 2.23. The van der Waals surface area contributed by atoms with E-state index >= 15 is 0 Å². The van der Waals surface area contributed by atoms with Crippen LogP contribution in [-0.2, 0) is 11.2 Å². The molecule has 0 radical (unpaired) electrons. The fraction of sp³-hybridized carbons (Fsp3) is 0.417. The third kappa shape index (κ3) is 10.2. The third-order valence-corrected chi connectivity index (χ3v) is 4.66. The molecule has 0 bridgehead atoms. The van der Waals surface area contributed by atoms with E-state index in [4.69, 9.17) is 9.47 Å². The number of nitrogens with one attached hydrogen (secondary N) is 3. The molecule has 1 aliphatic rings. The third-order valence-electron chi connectivity index (χ3n) is 4.66. The van der Waals surface area contributed by atoms with E-state index in [1.165, 1.54) is 5.56 Å². The van der Waals surface area contributed by atoms with Crippen LogP contribution in [0.4, 0.5) is 0 Å². The molecule has 1 amide bonds. The van der Waals surface area contributed by atoms with Crippen LogP contribution in [0.2, 0.25) is 0 Å². The highest BCUT2D eigenvalue weighted by atomic mass is 127. The van der Waals surface area contributed by atoms with Crippen LogP contribution in [0.25, 0.3) is 0 Å². The lowest BCUT2D eigenvalue weighted by Crippen LogP contribution is -2.39. The first kappa shape index (κ1) is 25.8. The van der Waals surface area contributed by atoms with Crippen molar-refractivity contribution in [3.63, 3.8) is 0 Å². The molecule has 7 nitrogen and oxygen atoms in total. The molecular formula is C24H33IN4O3. The zero-order valence-corrected chi connectivity index (χ0v) is 20.8. The van der Waals surface area contributed by atoms with Gasteiger partial charge in [0.1, 0.15) is 18.1 Å². The Morgan fingerprint density at radius 3 is 2.41 bits per heavy atom. The van der Waals surface area contributed by atoms with Gasteiger partial charge >= 0.3 is 0 Å². The molecule has 174 valence electrons. The van der Waals surface area contributed by atoms with Gasteiger partial charge in [-0.15, -0.1) is 24.0 Å². The Morgan fingerprint density at radius 2 is 1.72 bits per heavy atom. The van der Waals surface area contributed by atoms with Gasteiger partial charge in [-0.2, -0.15) is 0 Å². The van der Waals surface area contributed by atoms with Crippen LogP contribution in [0.1, 0.15) is 25.3 Å². The Hall–Kier alpha value is -2.49. The number of ether oxygens (including phenoxy) is 2. The minimum absolute atomic E-state index is 0. The van der Waals surface area contributed by atoms with E-state index in [1.54, 1.807) is 0 Å². The lowest BCUT2D eigenvalue weighted by molar-refractivity contribution is -0.123. The lowest BCUT2D eigenvalue weighted by Gasteiger charge is -2.12. The molecule has 0 unspecified atom stereocenters. The second kappa shape index (κ2) is 14.5. The predicted molar refractivity (Wildman–Crippen MR) is 138 cm³/mol. The Morgan fingerprint density at radius 1 is 1.00 bits per heavy atom. The number of aliphatic imine (C=N–C) groups is 1. The van der Waals surface area contributed by atoms with Crippen LogP contribution in [0, 0.1) is 0 Å². The van der Waals surface area contributed by atoms with Crippen LogP contribution < -0.4 is 25.4 Å². The average Bonchev–Trinajstić information content (AvgIpc) is 3.61. The molecule has 32 heavy (non-hydrogen) atoms. The van der Waals surface area contributed by atoms with E-state index in [1.807, 2.05) is 61.5 Å². The number of hydrogen-bond acceptors (Lipinski definition) is 4. The summed E-state index contributed by atoms with van der Waals surface area (Å²) in [7, 11) is 0. The smallest absolute Gasteiger partial charge is 0.258 e. The fourth-order valence-corrected chi connectivity index (χ4v) is 2.89. The van der Waals surface area contributed by atoms with Crippen LogP contribution in [0.3, 0.4) is 0 Å². The second-order valence-electron chi connectivity index (χ2n) is 7.37. The Bertz CT molecular complexity index is 827. The van der Waals surface area contributed by atoms with Crippen LogP contribution in [0.5, 0.6) is 11.5 Å². The van der Waals surface area contributed by atoms with Crippen LogP contribution >= 0.6 is 24.0 Å². The minimum Gasteiger partial charge on any atom is -0.492 e. The van der Waals surface area contributed by atoms with Crippen molar-refractivity contribution in [2.45, 2.75) is 32.2 Å². The summed E-state index contributed by atoms with van der Waals surface area (Å²) in [4.78, 5) is 16.3. The SMILES string of the molecule is CCNC(=NCCc1ccc(OCC(=O)NC2CC2)cc1)NCCOc1ccccc1.I. The number of rotatable bonds is 12. The molecule has 0 saturated heterocycles. The van der Waals surface area contributed by atoms with E-state index < -0.39 is 0 Å². The summed E-state index contributed by atoms with van der Waals surface area (Å²) in [6, 6.07) is 17.9. The van der Waals surface area contributed by atoms with Gasteiger partial charge in [-0.3, -0.25) is 9.79 Å². The first-order valence-electron chi connectivity index (χ1n) is 10.9. The number of carbonyl (C=O) groups excluding carboxylic acids is 1. The van der Waals surface area contributed by atoms with Crippen molar-refractivity contribution in [2.75, 3.05) is 32.8 Å². The molecule has 0 aromatic heterocycles. The summed E-state index contributed by atoms with van der Waals surface area (Å²) < 4.78 is 11.2. The molecule has 0 heterocycles. The van der Waals surface area contributed by atoms with Crippen molar-refractivity contribution in [3.8, 4) is 11.5 Å². The van der Waals surface area contributed by atoms with Gasteiger partial charge in [0.05, 0.1) is 6.54 Å². The van der Waals surface area contributed by atoms with Crippen molar-refractivity contribution in [1.82, 2.24) is 16.0 Å². The van der Waals surface area contributed by atoms with E-state index in [2.05, 4.69) is 20.9 Å². The minimum atomic E-state index is -0.0569. The van der Waals surface area contributed by atoms with E-state index in [9.17, 15) is 4.79 Å². The zero-order chi connectivity index (χ0) is 21.7. The van der Waals surface area contributed by atoms with E-state index in [0.29, 0.717) is 31.5 Å². The molecular weight excluding hydrogens is 519 g/mol. The molecule has 2 aromatic carbocycles. The number of hydrogen-bond donors (Lipinski definition) is 3. The Balaban J connectivity index is 0.00000363. The van der Waals surface area contributed by atoms with Crippen molar-refractivity contribution in [3.05, 3.63) is 60.2 Å². The Kier molecular flexibility index (Phi) is 11.7. The number of guanidine groups is 1. The molecule has 1 aliphatic carbocycles. The molecule has 1 fully saturated rings. The molecule has 3 rings (SSSR count). The molecule has 0 atom stereocenters. The first-order valence-corrected chi connectivity index (χ1v) is 10.9. The first-order chi connectivity index (χ1) is 15.2. The second-order valence-corrected chi connectivity index (χ2v) is 7.37. The molecule has 0 aliphatic heterocycles. The number of halogens is 1. The number of nitrogens with zero attached hydrogens (tertiary/aromatic N) is 1. The van der Waals surface area contributed by atoms with Crippen LogP contribution in [-0.4, -0.2) is 50.8 Å². The summed E-state index contributed by atoms with van der Waals surface area (Å²) in [6.45, 7) is 4.80. The fourth-order valence-electron chi connectivity index (χ4n) is 2.89. The summed E-state index contributed by atoms with van der Waals surface area (Å²) >= 11 is 0. The van der Waals surface area contributed by atoms with Gasteiger partial charge in [0.2, 0.25) is 0 Å². The zero-order valence-electron chi connectivity index (χ0n) is 18.5. The van der Waals surface area contributed by atoms with Crippen molar-refractivity contribution < 1.29 is 14.3 Å². The van der Waals surface area contributed by atoms with Gasteiger partial charge in [-0.25, -0.2) is 0 Å². The van der Waals surface area contributed by atoms with Gasteiger partial charge in [0.25, 0.3) is 5.91 Å². The monoisotopic (exact) mass is 552 g/mol. The van der Waals surface area contributed by atoms with Crippen LogP contribution in [0.15, 0.2) is 59.6 Å². The van der Waals surface area contributed by atoms with E-state index in [-0.39, 0.29) is 36.5 Å². The predicted octanol–water partition coefficient (Wildman–Crippen LogP) is 3.14. The number of carbonyl (C=O) groups is 1. The quantitative estimate of drug-likeness (QED) is 0.163. The molecule has 8 heteroatoms. The van der Waals surface area contributed by atoms with Crippen molar-refractivity contribution in [1.29, 1.82) is 0 Å². The summed E-state index contributed by atoms with van der Waals surface area (Å²) in [5.74, 6) is 2.29. The maximum absolute atomic E-state index is 11.7. The van der Waals surface area contributed by atoms with Crippen molar-refractivity contribution >= 4 is 35.8 Å². The lowest BCUT2D eigenvalue weighted by atomic mass is 10.1. The Labute approximate surface area is 207 Å². The molecule has 3 N–H and O–H groups in total. The largest absolute Gasteiger partial charge is 0.492 e.